The van der Waals surface area contributed by atoms with Gasteiger partial charge in [-0.1, -0.05) is 194 Å². The second-order valence-electron chi connectivity index (χ2n) is 17.6. The van der Waals surface area contributed by atoms with Gasteiger partial charge >= 0.3 is 0 Å². The van der Waals surface area contributed by atoms with Crippen molar-refractivity contribution in [3.63, 3.8) is 0 Å². The molecule has 3 aromatic heterocycles. The molecule has 0 amide bonds. The van der Waals surface area contributed by atoms with Crippen LogP contribution in [0.2, 0.25) is 0 Å². The normalized spacial score (nSPS) is 11.5. The van der Waals surface area contributed by atoms with E-state index in [-0.39, 0.29) is 0 Å². The highest BCUT2D eigenvalue weighted by molar-refractivity contribution is 6.20. The van der Waals surface area contributed by atoms with Gasteiger partial charge in [0.1, 0.15) is 0 Å². The van der Waals surface area contributed by atoms with Gasteiger partial charge in [-0.05, 0) is 99.4 Å². The minimum absolute atomic E-state index is 0.671. The fourth-order valence-electron chi connectivity index (χ4n) is 9.98. The van der Waals surface area contributed by atoms with Crippen LogP contribution in [0, 0.1) is 0 Å². The summed E-state index contributed by atoms with van der Waals surface area (Å²) in [5, 5.41) is 5.81. The molecule has 0 saturated carbocycles. The summed E-state index contributed by atoms with van der Waals surface area (Å²) in [6, 6.07) is 90.4. The van der Waals surface area contributed by atoms with E-state index < -0.39 is 0 Å². The Balaban J connectivity index is 0.946. The summed E-state index contributed by atoms with van der Waals surface area (Å²) in [6.07, 6.45) is 0. The van der Waals surface area contributed by atoms with Crippen LogP contribution in [0.1, 0.15) is 0 Å². The zero-order chi connectivity index (χ0) is 45.7. The lowest BCUT2D eigenvalue weighted by Crippen LogP contribution is -1.96. The molecule has 4 nitrogen and oxygen atoms in total. The zero-order valence-electron chi connectivity index (χ0n) is 37.5. The summed E-state index contributed by atoms with van der Waals surface area (Å²) in [5.41, 5.74) is 18.1. The second kappa shape index (κ2) is 16.9. The fraction of sp³-hybridized carbons (Fsp3) is 0. The molecule has 0 aliphatic carbocycles. The number of pyridine rings is 1. The first-order valence-corrected chi connectivity index (χ1v) is 23.4. The van der Waals surface area contributed by atoms with E-state index in [2.05, 4.69) is 259 Å². The zero-order valence-corrected chi connectivity index (χ0v) is 37.5. The van der Waals surface area contributed by atoms with Gasteiger partial charge in [-0.3, -0.25) is 0 Å². The third-order valence-corrected chi connectivity index (χ3v) is 13.4. The van der Waals surface area contributed by atoms with Crippen LogP contribution in [0.15, 0.2) is 255 Å². The van der Waals surface area contributed by atoms with Crippen LogP contribution in [-0.2, 0) is 0 Å². The SMILES string of the molecule is c1ccc(-c2cccc(-c3cc(-c4cccc(-c5ccccc5)c4)nc(-c4ccc(-c5ccc6nc(-c7ccccc7)c7cc8c9ccccc9n(-c9ccccc9)c8cc7c6c5)cc4)n3)c2)cc1. The Morgan fingerprint density at radius 2 is 0.739 bits per heavy atom. The molecule has 69 heavy (non-hydrogen) atoms. The van der Waals surface area contributed by atoms with Crippen molar-refractivity contribution in [2.24, 2.45) is 0 Å². The lowest BCUT2D eigenvalue weighted by Gasteiger charge is -2.14. The topological polar surface area (TPSA) is 43.6 Å². The Morgan fingerprint density at radius 3 is 1.38 bits per heavy atom. The van der Waals surface area contributed by atoms with Crippen LogP contribution in [-0.4, -0.2) is 19.5 Å². The van der Waals surface area contributed by atoms with E-state index in [1.54, 1.807) is 0 Å². The van der Waals surface area contributed by atoms with Gasteiger partial charge in [-0.25, -0.2) is 15.0 Å². The summed E-state index contributed by atoms with van der Waals surface area (Å²) in [6.45, 7) is 0. The first kappa shape index (κ1) is 40.1. The maximum absolute atomic E-state index is 5.40. The van der Waals surface area contributed by atoms with Gasteiger partial charge in [0, 0.05) is 49.5 Å². The molecule has 0 saturated heterocycles. The Labute approximate surface area is 400 Å². The van der Waals surface area contributed by atoms with E-state index in [1.807, 2.05) is 0 Å². The number of hydrogen-bond acceptors (Lipinski definition) is 3. The van der Waals surface area contributed by atoms with Crippen LogP contribution < -0.4 is 0 Å². The average molecular weight is 879 g/mol. The molecule has 13 aromatic rings. The van der Waals surface area contributed by atoms with Crippen LogP contribution in [0.4, 0.5) is 0 Å². The Hall–Kier alpha value is -9.25. The van der Waals surface area contributed by atoms with Crippen LogP contribution in [0.5, 0.6) is 0 Å². The molecule has 0 spiro atoms. The second-order valence-corrected chi connectivity index (χ2v) is 17.6. The maximum Gasteiger partial charge on any atom is 0.160 e. The van der Waals surface area contributed by atoms with Gasteiger partial charge in [-0.15, -0.1) is 0 Å². The molecule has 0 unspecified atom stereocenters. The van der Waals surface area contributed by atoms with Gasteiger partial charge in [-0.2, -0.15) is 0 Å². The lowest BCUT2D eigenvalue weighted by molar-refractivity contribution is 1.18. The van der Waals surface area contributed by atoms with Gasteiger partial charge in [0.05, 0.1) is 33.6 Å². The van der Waals surface area contributed by atoms with Gasteiger partial charge in [0.25, 0.3) is 0 Å². The third kappa shape index (κ3) is 7.32. The monoisotopic (exact) mass is 878 g/mol. The van der Waals surface area contributed by atoms with E-state index in [0.29, 0.717) is 5.82 Å². The minimum Gasteiger partial charge on any atom is -0.309 e. The highest BCUT2D eigenvalue weighted by atomic mass is 15.0. The number of aromatic nitrogens is 4. The van der Waals surface area contributed by atoms with Gasteiger partial charge in [0.2, 0.25) is 0 Å². The summed E-state index contributed by atoms with van der Waals surface area (Å²) >= 11 is 0. The molecule has 0 bridgehead atoms. The highest BCUT2D eigenvalue weighted by Gasteiger charge is 2.19. The maximum atomic E-state index is 5.40. The number of rotatable bonds is 8. The number of hydrogen-bond donors (Lipinski definition) is 0. The Kier molecular flexibility index (Phi) is 9.80. The standard InChI is InChI=1S/C65H42N4/c1-5-17-43(18-6-1)48-23-15-25-51(37-48)60-42-61(52-26-16-24-49(38-52)44-19-7-2-8-20-44)68-65(67-60)47-33-31-45(32-34-47)50-35-36-59-56(39-50)55-41-63-57(40-58(55)64(66-59)46-21-9-3-10-22-46)54-29-13-14-30-62(54)69(63)53-27-11-4-12-28-53/h1-42H. The summed E-state index contributed by atoms with van der Waals surface area (Å²) < 4.78 is 2.39. The molecule has 322 valence electrons. The van der Waals surface area contributed by atoms with Crippen LogP contribution in [0.3, 0.4) is 0 Å². The Morgan fingerprint density at radius 1 is 0.246 bits per heavy atom. The van der Waals surface area contributed by atoms with E-state index >= 15 is 0 Å². The number of para-hydroxylation sites is 2. The first-order chi connectivity index (χ1) is 34.2. The van der Waals surface area contributed by atoms with E-state index in [0.717, 1.165) is 106 Å². The fourth-order valence-corrected chi connectivity index (χ4v) is 9.98. The van der Waals surface area contributed by atoms with Crippen molar-refractivity contribution in [3.05, 3.63) is 255 Å². The molecule has 10 aromatic carbocycles. The van der Waals surface area contributed by atoms with Crippen LogP contribution >= 0.6 is 0 Å². The summed E-state index contributed by atoms with van der Waals surface area (Å²) in [7, 11) is 0. The lowest BCUT2D eigenvalue weighted by atomic mass is 9.95. The van der Waals surface area contributed by atoms with Crippen molar-refractivity contribution in [3.8, 4) is 84.2 Å². The highest BCUT2D eigenvalue weighted by Crippen LogP contribution is 2.41. The van der Waals surface area contributed by atoms with Crippen molar-refractivity contribution in [1.29, 1.82) is 0 Å². The summed E-state index contributed by atoms with van der Waals surface area (Å²) in [4.78, 5) is 15.9. The van der Waals surface area contributed by atoms with Gasteiger partial charge in [0.15, 0.2) is 5.82 Å². The van der Waals surface area contributed by atoms with Crippen molar-refractivity contribution < 1.29 is 0 Å². The van der Waals surface area contributed by atoms with E-state index in [4.69, 9.17) is 15.0 Å². The van der Waals surface area contributed by atoms with Crippen molar-refractivity contribution in [2.75, 3.05) is 0 Å². The molecular formula is C65H42N4. The third-order valence-electron chi connectivity index (χ3n) is 13.4. The number of fused-ring (bicyclic) bond motifs is 6. The number of nitrogens with zero attached hydrogens (tertiary/aromatic N) is 4. The molecule has 4 heteroatoms. The minimum atomic E-state index is 0.671. The molecule has 0 atom stereocenters. The molecule has 0 aliphatic heterocycles. The average Bonchev–Trinajstić information content (AvgIpc) is 3.76. The molecule has 0 aliphatic rings. The van der Waals surface area contributed by atoms with E-state index in [1.165, 1.54) is 16.3 Å². The predicted molar refractivity (Wildman–Crippen MR) is 287 cm³/mol. The Bertz CT molecular complexity index is 3930. The number of benzene rings is 10. The molecule has 13 rings (SSSR count). The van der Waals surface area contributed by atoms with Crippen LogP contribution in [0.25, 0.3) is 128 Å². The van der Waals surface area contributed by atoms with Gasteiger partial charge < -0.3 is 4.57 Å². The first-order valence-electron chi connectivity index (χ1n) is 23.4. The molecule has 0 N–H and O–H groups in total. The van der Waals surface area contributed by atoms with Crippen molar-refractivity contribution in [2.45, 2.75) is 0 Å². The molecule has 3 heterocycles. The molecule has 0 radical (unpaired) electrons. The predicted octanol–water partition coefficient (Wildman–Crippen LogP) is 16.9. The summed E-state index contributed by atoms with van der Waals surface area (Å²) in [5.74, 6) is 0.671. The molecular weight excluding hydrogens is 837 g/mol. The largest absolute Gasteiger partial charge is 0.309 e. The quantitative estimate of drug-likeness (QED) is 0.143. The smallest absolute Gasteiger partial charge is 0.160 e. The van der Waals surface area contributed by atoms with E-state index in [9.17, 15) is 0 Å². The van der Waals surface area contributed by atoms with Crippen molar-refractivity contribution >= 4 is 43.5 Å². The molecule has 0 fully saturated rings. The van der Waals surface area contributed by atoms with Crippen molar-refractivity contribution in [1.82, 2.24) is 19.5 Å².